The average molecular weight is 411 g/mol. The predicted octanol–water partition coefficient (Wildman–Crippen LogP) is 3.08. The number of aliphatic imine (C=N–C) groups is 1. The predicted molar refractivity (Wildman–Crippen MR) is 124 cm³/mol. The Morgan fingerprint density at radius 1 is 1.10 bits per heavy atom. The van der Waals surface area contributed by atoms with Crippen LogP contribution >= 0.6 is 0 Å². The molecule has 0 aliphatic heterocycles. The van der Waals surface area contributed by atoms with Crippen LogP contribution in [0.4, 0.5) is 0 Å². The minimum Gasteiger partial charge on any atom is -0.497 e. The number of carbonyl (C=O) groups is 1. The first-order valence-electron chi connectivity index (χ1n) is 10.2. The van der Waals surface area contributed by atoms with Gasteiger partial charge in [0.05, 0.1) is 7.11 Å². The third kappa shape index (κ3) is 6.51. The van der Waals surface area contributed by atoms with Gasteiger partial charge in [-0.1, -0.05) is 38.1 Å². The Kier molecular flexibility index (Phi) is 8.27. The van der Waals surface area contributed by atoms with Gasteiger partial charge in [0.15, 0.2) is 5.96 Å². The second-order valence-corrected chi connectivity index (χ2v) is 8.11. The largest absolute Gasteiger partial charge is 0.497 e. The number of guanidine groups is 1. The van der Waals surface area contributed by atoms with Crippen LogP contribution in [-0.2, 0) is 11.8 Å². The first kappa shape index (κ1) is 23.3. The van der Waals surface area contributed by atoms with Crippen LogP contribution in [-0.4, -0.2) is 58.1 Å². The molecular formula is C24H34N4O2. The second kappa shape index (κ2) is 10.7. The van der Waals surface area contributed by atoms with Crippen molar-refractivity contribution < 1.29 is 9.53 Å². The number of nitrogens with one attached hydrogen (secondary N) is 2. The summed E-state index contributed by atoms with van der Waals surface area (Å²) in [5.41, 5.74) is 2.99. The molecule has 0 unspecified atom stereocenters. The monoisotopic (exact) mass is 410 g/mol. The van der Waals surface area contributed by atoms with Gasteiger partial charge in [-0.2, -0.15) is 0 Å². The Labute approximate surface area is 180 Å². The number of nitrogens with zero attached hydrogens (tertiary/aromatic N) is 2. The van der Waals surface area contributed by atoms with E-state index in [1.165, 1.54) is 5.56 Å². The number of carbonyl (C=O) groups excluding carboxylic acids is 1. The molecule has 2 rings (SSSR count). The van der Waals surface area contributed by atoms with Crippen LogP contribution in [0.1, 0.15) is 35.3 Å². The highest BCUT2D eigenvalue weighted by molar-refractivity contribution is 5.94. The third-order valence-corrected chi connectivity index (χ3v) is 5.08. The molecule has 6 nitrogen and oxygen atoms in total. The van der Waals surface area contributed by atoms with Gasteiger partial charge in [-0.15, -0.1) is 0 Å². The number of ether oxygens (including phenoxy) is 1. The summed E-state index contributed by atoms with van der Waals surface area (Å²) in [5, 5.41) is 6.77. The fraction of sp³-hybridized carbons (Fsp3) is 0.417. The summed E-state index contributed by atoms with van der Waals surface area (Å²) in [4.78, 5) is 18.0. The van der Waals surface area contributed by atoms with E-state index in [9.17, 15) is 4.79 Å². The molecule has 0 saturated heterocycles. The van der Waals surface area contributed by atoms with Gasteiger partial charge < -0.3 is 20.3 Å². The normalized spacial score (nSPS) is 11.7. The highest BCUT2D eigenvalue weighted by atomic mass is 16.5. The van der Waals surface area contributed by atoms with E-state index in [4.69, 9.17) is 4.74 Å². The summed E-state index contributed by atoms with van der Waals surface area (Å²) in [6, 6.07) is 15.9. The van der Waals surface area contributed by atoms with Crippen LogP contribution in [0.2, 0.25) is 0 Å². The lowest BCUT2D eigenvalue weighted by molar-refractivity contribution is 0.0827. The Morgan fingerprint density at radius 2 is 1.80 bits per heavy atom. The standard InChI is InChI=1S/C24H34N4O2/c1-24(2,20-10-12-21(30-6)13-11-20)17-27-23(25-3)26-15-14-18-8-7-9-19(16-18)22(29)28(4)5/h7-13,16H,14-15,17H2,1-6H3,(H2,25,26,27). The van der Waals surface area contributed by atoms with Crippen molar-refractivity contribution in [1.29, 1.82) is 0 Å². The van der Waals surface area contributed by atoms with E-state index in [0.29, 0.717) is 5.56 Å². The first-order chi connectivity index (χ1) is 14.3. The van der Waals surface area contributed by atoms with Crippen LogP contribution in [0, 0.1) is 0 Å². The molecule has 0 aliphatic carbocycles. The zero-order valence-electron chi connectivity index (χ0n) is 19.0. The van der Waals surface area contributed by atoms with Gasteiger partial charge in [0.25, 0.3) is 5.91 Å². The van der Waals surface area contributed by atoms with E-state index in [1.54, 1.807) is 33.2 Å². The van der Waals surface area contributed by atoms with E-state index in [0.717, 1.165) is 36.8 Å². The molecule has 0 atom stereocenters. The van der Waals surface area contributed by atoms with Crippen LogP contribution in [0.15, 0.2) is 53.5 Å². The molecular weight excluding hydrogens is 376 g/mol. The molecule has 1 amide bonds. The third-order valence-electron chi connectivity index (χ3n) is 5.08. The van der Waals surface area contributed by atoms with Gasteiger partial charge in [0.2, 0.25) is 0 Å². The van der Waals surface area contributed by atoms with Crippen molar-refractivity contribution >= 4 is 11.9 Å². The molecule has 0 fully saturated rings. The van der Waals surface area contributed by atoms with Gasteiger partial charge in [-0.25, -0.2) is 0 Å². The zero-order valence-corrected chi connectivity index (χ0v) is 19.0. The SMILES string of the molecule is CN=C(NCCc1cccc(C(=O)N(C)C)c1)NCC(C)(C)c1ccc(OC)cc1. The molecule has 0 heterocycles. The first-order valence-corrected chi connectivity index (χ1v) is 10.2. The quantitative estimate of drug-likeness (QED) is 0.519. The number of methoxy groups -OCH3 is 1. The molecule has 0 spiro atoms. The molecule has 2 aromatic rings. The molecule has 0 bridgehead atoms. The topological polar surface area (TPSA) is 66.0 Å². The van der Waals surface area contributed by atoms with Gasteiger partial charge in [-0.3, -0.25) is 9.79 Å². The minimum atomic E-state index is -0.0647. The number of hydrogen-bond donors (Lipinski definition) is 2. The van der Waals surface area contributed by atoms with Gasteiger partial charge in [0.1, 0.15) is 5.75 Å². The highest BCUT2D eigenvalue weighted by Crippen LogP contribution is 2.24. The van der Waals surface area contributed by atoms with E-state index in [2.05, 4.69) is 41.6 Å². The molecule has 0 radical (unpaired) electrons. The van der Waals surface area contributed by atoms with Crippen molar-refractivity contribution in [3.05, 3.63) is 65.2 Å². The van der Waals surface area contributed by atoms with Gasteiger partial charge in [-0.05, 0) is 41.8 Å². The Balaban J connectivity index is 1.87. The van der Waals surface area contributed by atoms with E-state index < -0.39 is 0 Å². The van der Waals surface area contributed by atoms with Crippen molar-refractivity contribution in [3.8, 4) is 5.75 Å². The number of amides is 1. The summed E-state index contributed by atoms with van der Waals surface area (Å²) in [6.45, 7) is 5.86. The van der Waals surface area contributed by atoms with Gasteiger partial charge >= 0.3 is 0 Å². The zero-order chi connectivity index (χ0) is 22.1. The molecule has 2 aromatic carbocycles. The summed E-state index contributed by atoms with van der Waals surface area (Å²) in [5.74, 6) is 1.64. The fourth-order valence-electron chi connectivity index (χ4n) is 3.11. The van der Waals surface area contributed by atoms with Gasteiger partial charge in [0, 0.05) is 45.2 Å². The molecule has 0 aromatic heterocycles. The van der Waals surface area contributed by atoms with Crippen molar-refractivity contribution in [3.63, 3.8) is 0 Å². The van der Waals surface area contributed by atoms with Crippen LogP contribution < -0.4 is 15.4 Å². The number of benzene rings is 2. The number of rotatable bonds is 8. The van der Waals surface area contributed by atoms with Crippen LogP contribution in [0.25, 0.3) is 0 Å². The number of hydrogen-bond acceptors (Lipinski definition) is 3. The van der Waals surface area contributed by atoms with Crippen molar-refractivity contribution in [2.75, 3.05) is 41.3 Å². The molecule has 162 valence electrons. The van der Waals surface area contributed by atoms with E-state index in [-0.39, 0.29) is 11.3 Å². The van der Waals surface area contributed by atoms with Crippen LogP contribution in [0.5, 0.6) is 5.75 Å². The van der Waals surface area contributed by atoms with Crippen LogP contribution in [0.3, 0.4) is 0 Å². The van der Waals surface area contributed by atoms with Crippen molar-refractivity contribution in [2.45, 2.75) is 25.7 Å². The summed E-state index contributed by atoms with van der Waals surface area (Å²) < 4.78 is 5.24. The lowest BCUT2D eigenvalue weighted by atomic mass is 9.84. The molecule has 0 saturated carbocycles. The molecule has 2 N–H and O–H groups in total. The Hall–Kier alpha value is -3.02. The van der Waals surface area contributed by atoms with E-state index in [1.807, 2.05) is 36.4 Å². The average Bonchev–Trinajstić information content (AvgIpc) is 2.75. The Bertz CT molecular complexity index is 858. The highest BCUT2D eigenvalue weighted by Gasteiger charge is 2.21. The summed E-state index contributed by atoms with van der Waals surface area (Å²) in [7, 11) is 6.97. The Morgan fingerprint density at radius 3 is 2.40 bits per heavy atom. The summed E-state index contributed by atoms with van der Waals surface area (Å²) in [6.07, 6.45) is 0.803. The van der Waals surface area contributed by atoms with E-state index >= 15 is 0 Å². The maximum absolute atomic E-state index is 12.1. The fourth-order valence-corrected chi connectivity index (χ4v) is 3.11. The smallest absolute Gasteiger partial charge is 0.253 e. The molecule has 0 aliphatic rings. The lowest BCUT2D eigenvalue weighted by Gasteiger charge is -2.27. The minimum absolute atomic E-state index is 0.0167. The lowest BCUT2D eigenvalue weighted by Crippen LogP contribution is -2.44. The summed E-state index contributed by atoms with van der Waals surface area (Å²) >= 11 is 0. The molecule has 30 heavy (non-hydrogen) atoms. The van der Waals surface area contributed by atoms with Crippen molar-refractivity contribution in [2.24, 2.45) is 4.99 Å². The second-order valence-electron chi connectivity index (χ2n) is 8.11. The maximum Gasteiger partial charge on any atom is 0.253 e. The molecule has 6 heteroatoms. The van der Waals surface area contributed by atoms with Crippen molar-refractivity contribution in [1.82, 2.24) is 15.5 Å². The maximum atomic E-state index is 12.1.